The number of nitrogens with one attached hydrogen (secondary N) is 1. The lowest BCUT2D eigenvalue weighted by atomic mass is 9.94. The van der Waals surface area contributed by atoms with E-state index in [-0.39, 0.29) is 23.8 Å². The van der Waals surface area contributed by atoms with Gasteiger partial charge in [0.2, 0.25) is 11.8 Å². The van der Waals surface area contributed by atoms with Crippen molar-refractivity contribution in [2.75, 3.05) is 33.7 Å². The number of benzene rings is 1. The smallest absolute Gasteiger partial charge is 0.225 e. The van der Waals surface area contributed by atoms with Gasteiger partial charge in [0.1, 0.15) is 0 Å². The first-order valence-electron chi connectivity index (χ1n) is 10.7. The van der Waals surface area contributed by atoms with Crippen molar-refractivity contribution in [3.63, 3.8) is 0 Å². The number of piperidine rings is 1. The van der Waals surface area contributed by atoms with E-state index in [1.165, 1.54) is 24.0 Å². The molecule has 5 heteroatoms. The van der Waals surface area contributed by atoms with Gasteiger partial charge in [-0.1, -0.05) is 42.7 Å². The number of hydrogen-bond acceptors (Lipinski definition) is 3. The zero-order valence-corrected chi connectivity index (χ0v) is 17.6. The number of aryl methyl sites for hydroxylation is 1. The van der Waals surface area contributed by atoms with Crippen LogP contribution in [0.2, 0.25) is 0 Å². The molecular weight excluding hydrogens is 350 g/mol. The summed E-state index contributed by atoms with van der Waals surface area (Å²) in [6.07, 6.45) is 6.02. The molecule has 0 unspecified atom stereocenters. The molecule has 2 aliphatic rings. The first kappa shape index (κ1) is 20.8. The third-order valence-corrected chi connectivity index (χ3v) is 6.44. The number of likely N-dealkylation sites (tertiary alicyclic amines) is 1. The van der Waals surface area contributed by atoms with Gasteiger partial charge >= 0.3 is 0 Å². The van der Waals surface area contributed by atoms with Crippen LogP contribution in [0.25, 0.3) is 0 Å². The second-order valence-electron chi connectivity index (χ2n) is 8.72. The molecule has 1 heterocycles. The second kappa shape index (κ2) is 9.55. The summed E-state index contributed by atoms with van der Waals surface area (Å²) in [4.78, 5) is 29.4. The van der Waals surface area contributed by atoms with Gasteiger partial charge in [0, 0.05) is 31.5 Å². The van der Waals surface area contributed by atoms with Crippen LogP contribution in [-0.4, -0.2) is 55.3 Å². The van der Waals surface area contributed by atoms with Crippen LogP contribution in [0.4, 0.5) is 0 Å². The topological polar surface area (TPSA) is 52.7 Å². The number of hydrogen-bond donors (Lipinski definition) is 1. The number of rotatable bonds is 6. The van der Waals surface area contributed by atoms with Gasteiger partial charge in [0.25, 0.3) is 0 Å². The number of nitrogens with zero attached hydrogens (tertiary/aromatic N) is 2. The molecule has 28 heavy (non-hydrogen) atoms. The molecule has 1 aliphatic carbocycles. The molecule has 1 aromatic carbocycles. The fourth-order valence-corrected chi connectivity index (χ4v) is 4.52. The van der Waals surface area contributed by atoms with Crippen molar-refractivity contribution >= 4 is 11.8 Å². The van der Waals surface area contributed by atoms with E-state index in [9.17, 15) is 9.59 Å². The molecule has 5 nitrogen and oxygen atoms in total. The standard InChI is InChI=1S/C23H35N3O2/c1-17-8-10-18(11-9-17)21(25(2)3)16-24-22(27)19-12-14-26(15-13-19)23(28)20-6-4-5-7-20/h8-11,19-21H,4-7,12-16H2,1-3H3,(H,24,27)/t21-/m1/s1. The van der Waals surface area contributed by atoms with E-state index in [1.807, 2.05) is 19.0 Å². The van der Waals surface area contributed by atoms with Gasteiger partial charge in [-0.25, -0.2) is 0 Å². The Balaban J connectivity index is 1.48. The highest BCUT2D eigenvalue weighted by Crippen LogP contribution is 2.28. The average Bonchev–Trinajstić information content (AvgIpc) is 3.23. The van der Waals surface area contributed by atoms with E-state index in [0.717, 1.165) is 38.8 Å². The molecule has 3 rings (SSSR count). The summed E-state index contributed by atoms with van der Waals surface area (Å²) in [5.41, 5.74) is 2.46. The highest BCUT2D eigenvalue weighted by Gasteiger charge is 2.32. The molecular formula is C23H35N3O2. The Morgan fingerprint density at radius 2 is 1.64 bits per heavy atom. The Hall–Kier alpha value is -1.88. The number of amides is 2. The quantitative estimate of drug-likeness (QED) is 0.818. The van der Waals surface area contributed by atoms with E-state index < -0.39 is 0 Å². The van der Waals surface area contributed by atoms with E-state index in [2.05, 4.69) is 41.4 Å². The lowest BCUT2D eigenvalue weighted by Crippen LogP contribution is -2.45. The van der Waals surface area contributed by atoms with Crippen molar-refractivity contribution in [3.8, 4) is 0 Å². The van der Waals surface area contributed by atoms with Gasteiger partial charge in [0.15, 0.2) is 0 Å². The number of likely N-dealkylation sites (N-methyl/N-ethyl adjacent to an activating group) is 1. The minimum Gasteiger partial charge on any atom is -0.354 e. The molecule has 1 saturated carbocycles. The van der Waals surface area contributed by atoms with Crippen LogP contribution in [0.15, 0.2) is 24.3 Å². The summed E-state index contributed by atoms with van der Waals surface area (Å²) < 4.78 is 0. The maximum absolute atomic E-state index is 12.7. The lowest BCUT2D eigenvalue weighted by Gasteiger charge is -2.33. The highest BCUT2D eigenvalue weighted by atomic mass is 16.2. The van der Waals surface area contributed by atoms with Crippen LogP contribution in [0.3, 0.4) is 0 Å². The van der Waals surface area contributed by atoms with Crippen molar-refractivity contribution in [3.05, 3.63) is 35.4 Å². The Bertz CT molecular complexity index is 657. The molecule has 1 aliphatic heterocycles. The monoisotopic (exact) mass is 385 g/mol. The predicted molar refractivity (Wildman–Crippen MR) is 112 cm³/mol. The Labute approximate surface area is 169 Å². The fourth-order valence-electron chi connectivity index (χ4n) is 4.52. The summed E-state index contributed by atoms with van der Waals surface area (Å²) >= 11 is 0. The molecule has 2 fully saturated rings. The summed E-state index contributed by atoms with van der Waals surface area (Å²) in [6, 6.07) is 8.67. The summed E-state index contributed by atoms with van der Waals surface area (Å²) in [6.45, 7) is 4.14. The molecule has 1 aromatic rings. The third-order valence-electron chi connectivity index (χ3n) is 6.44. The Kier molecular flexibility index (Phi) is 7.11. The van der Waals surface area contributed by atoms with Gasteiger partial charge < -0.3 is 15.1 Å². The van der Waals surface area contributed by atoms with Gasteiger partial charge in [-0.15, -0.1) is 0 Å². The molecule has 154 valence electrons. The largest absolute Gasteiger partial charge is 0.354 e. The van der Waals surface area contributed by atoms with Crippen LogP contribution in [0.1, 0.15) is 55.7 Å². The van der Waals surface area contributed by atoms with Crippen molar-refractivity contribution in [2.24, 2.45) is 11.8 Å². The van der Waals surface area contributed by atoms with Crippen LogP contribution >= 0.6 is 0 Å². The van der Waals surface area contributed by atoms with E-state index >= 15 is 0 Å². The number of carbonyl (C=O) groups excluding carboxylic acids is 2. The van der Waals surface area contributed by atoms with Crippen molar-refractivity contribution < 1.29 is 9.59 Å². The van der Waals surface area contributed by atoms with Gasteiger partial charge in [0.05, 0.1) is 6.04 Å². The maximum Gasteiger partial charge on any atom is 0.225 e. The molecule has 1 saturated heterocycles. The number of carbonyl (C=O) groups is 2. The summed E-state index contributed by atoms with van der Waals surface area (Å²) in [5.74, 6) is 0.713. The minimum atomic E-state index is 0.0217. The second-order valence-corrected chi connectivity index (χ2v) is 8.72. The first-order chi connectivity index (χ1) is 13.5. The van der Waals surface area contributed by atoms with E-state index in [0.29, 0.717) is 12.5 Å². The van der Waals surface area contributed by atoms with Crippen LogP contribution in [0, 0.1) is 18.8 Å². The summed E-state index contributed by atoms with van der Waals surface area (Å²) in [5, 5.41) is 3.16. The SMILES string of the molecule is Cc1ccc([C@@H](CNC(=O)C2CCN(C(=O)C3CCCC3)CC2)N(C)C)cc1. The first-order valence-corrected chi connectivity index (χ1v) is 10.7. The third kappa shape index (κ3) is 5.13. The maximum atomic E-state index is 12.7. The van der Waals surface area contributed by atoms with Crippen LogP contribution in [-0.2, 0) is 9.59 Å². The summed E-state index contributed by atoms with van der Waals surface area (Å²) in [7, 11) is 4.09. The van der Waals surface area contributed by atoms with E-state index in [1.54, 1.807) is 0 Å². The molecule has 0 radical (unpaired) electrons. The molecule has 2 amide bonds. The average molecular weight is 386 g/mol. The Morgan fingerprint density at radius 1 is 1.04 bits per heavy atom. The van der Waals surface area contributed by atoms with Crippen molar-refractivity contribution in [1.29, 1.82) is 0 Å². The zero-order chi connectivity index (χ0) is 20.1. The van der Waals surface area contributed by atoms with Crippen molar-refractivity contribution in [1.82, 2.24) is 15.1 Å². The molecule has 0 spiro atoms. The van der Waals surface area contributed by atoms with E-state index in [4.69, 9.17) is 0 Å². The molecule has 1 atom stereocenters. The highest BCUT2D eigenvalue weighted by molar-refractivity contribution is 5.81. The Morgan fingerprint density at radius 3 is 2.21 bits per heavy atom. The predicted octanol–water partition coefficient (Wildman–Crippen LogP) is 3.14. The zero-order valence-electron chi connectivity index (χ0n) is 17.6. The van der Waals surface area contributed by atoms with Gasteiger partial charge in [-0.2, -0.15) is 0 Å². The minimum absolute atomic E-state index is 0.0217. The molecule has 1 N–H and O–H groups in total. The van der Waals surface area contributed by atoms with Gasteiger partial charge in [-0.05, 0) is 52.3 Å². The van der Waals surface area contributed by atoms with Crippen LogP contribution < -0.4 is 5.32 Å². The van der Waals surface area contributed by atoms with Crippen molar-refractivity contribution in [2.45, 2.75) is 51.5 Å². The fraction of sp³-hybridized carbons (Fsp3) is 0.652. The van der Waals surface area contributed by atoms with Crippen LogP contribution in [0.5, 0.6) is 0 Å². The lowest BCUT2D eigenvalue weighted by molar-refractivity contribution is -0.139. The molecule has 0 aromatic heterocycles. The normalized spacial score (nSPS) is 19.8. The van der Waals surface area contributed by atoms with Gasteiger partial charge in [-0.3, -0.25) is 9.59 Å². The molecule has 0 bridgehead atoms.